The van der Waals surface area contributed by atoms with Gasteiger partial charge in [0.2, 0.25) is 0 Å². The number of carbonyl (C=O) groups excluding carboxylic acids is 1. The highest BCUT2D eigenvalue weighted by atomic mass is 35.5. The minimum Gasteiger partial charge on any atom is -0.482 e. The molecule has 1 N–H and O–H groups in total. The third-order valence-corrected chi connectivity index (χ3v) is 4.42. The summed E-state index contributed by atoms with van der Waals surface area (Å²) in [4.78, 5) is 27.5. The van der Waals surface area contributed by atoms with Gasteiger partial charge in [-0.05, 0) is 18.1 Å². The van der Waals surface area contributed by atoms with Crippen LogP contribution in [0.2, 0.25) is 5.02 Å². The molecule has 0 spiro atoms. The van der Waals surface area contributed by atoms with Crippen molar-refractivity contribution in [1.82, 2.24) is 4.98 Å². The Morgan fingerprint density at radius 1 is 1.40 bits per heavy atom. The van der Waals surface area contributed by atoms with Gasteiger partial charge in [0.05, 0.1) is 5.02 Å². The Morgan fingerprint density at radius 3 is 2.96 bits per heavy atom. The molecule has 0 unspecified atom stereocenters. The Balaban J connectivity index is 1.81. The molecule has 1 amide bonds. The van der Waals surface area contributed by atoms with Gasteiger partial charge in [-0.15, -0.1) is 11.3 Å². The number of aryl methyl sites for hydroxylation is 1. The van der Waals surface area contributed by atoms with E-state index < -0.39 is 5.63 Å². The number of fused-ring (bicyclic) bond motifs is 1. The summed E-state index contributed by atoms with van der Waals surface area (Å²) in [6.45, 7) is 1.80. The van der Waals surface area contributed by atoms with Crippen LogP contribution in [0.15, 0.2) is 39.0 Å². The average Bonchev–Trinajstić information content (AvgIpc) is 3.07. The molecule has 3 rings (SSSR count). The molecule has 0 saturated heterocycles. The van der Waals surface area contributed by atoms with E-state index in [1.807, 2.05) is 6.92 Å². The van der Waals surface area contributed by atoms with Crippen LogP contribution >= 0.6 is 22.9 Å². The van der Waals surface area contributed by atoms with Crippen LogP contribution in [-0.4, -0.2) is 17.5 Å². The second-order valence-corrected chi connectivity index (χ2v) is 6.60. The normalized spacial score (nSPS) is 10.8. The highest BCUT2D eigenvalue weighted by molar-refractivity contribution is 7.13. The molecule has 8 heteroatoms. The van der Waals surface area contributed by atoms with Crippen molar-refractivity contribution < 1.29 is 13.9 Å². The van der Waals surface area contributed by atoms with Gasteiger partial charge in [-0.25, -0.2) is 9.78 Å². The quantitative estimate of drug-likeness (QED) is 0.658. The number of anilines is 1. The molecule has 0 aliphatic heterocycles. The predicted molar refractivity (Wildman–Crippen MR) is 97.7 cm³/mol. The SMILES string of the molecule is CCCc1cc(=O)oc2cc(OCC(=O)Nc3nccs3)c(Cl)cc12. The van der Waals surface area contributed by atoms with Gasteiger partial charge in [0.15, 0.2) is 11.7 Å². The summed E-state index contributed by atoms with van der Waals surface area (Å²) >= 11 is 7.57. The first-order valence-corrected chi connectivity index (χ1v) is 8.91. The molecule has 25 heavy (non-hydrogen) atoms. The van der Waals surface area contributed by atoms with Crippen LogP contribution in [0, 0.1) is 0 Å². The van der Waals surface area contributed by atoms with Gasteiger partial charge < -0.3 is 9.15 Å². The highest BCUT2D eigenvalue weighted by Gasteiger charge is 2.12. The molecule has 0 saturated carbocycles. The van der Waals surface area contributed by atoms with E-state index in [1.54, 1.807) is 17.6 Å². The number of carbonyl (C=O) groups is 1. The summed E-state index contributed by atoms with van der Waals surface area (Å²) in [5, 5.41) is 5.98. The topological polar surface area (TPSA) is 81.4 Å². The Labute approximate surface area is 152 Å². The molecular formula is C17H15ClN2O4S. The lowest BCUT2D eigenvalue weighted by Gasteiger charge is -2.10. The van der Waals surface area contributed by atoms with E-state index in [0.29, 0.717) is 15.7 Å². The minimum absolute atomic E-state index is 0.232. The second-order valence-electron chi connectivity index (χ2n) is 5.29. The number of nitrogens with zero attached hydrogens (tertiary/aromatic N) is 1. The number of nitrogens with one attached hydrogen (secondary N) is 1. The Hall–Kier alpha value is -2.38. The molecule has 0 atom stereocenters. The Kier molecular flexibility index (Phi) is 5.35. The molecule has 2 heterocycles. The number of halogens is 1. The average molecular weight is 379 g/mol. The zero-order valence-corrected chi connectivity index (χ0v) is 14.9. The number of amides is 1. The van der Waals surface area contributed by atoms with Crippen LogP contribution in [0.25, 0.3) is 11.0 Å². The Bertz CT molecular complexity index is 953. The number of ether oxygens (including phenoxy) is 1. The summed E-state index contributed by atoms with van der Waals surface area (Å²) in [7, 11) is 0. The number of hydrogen-bond donors (Lipinski definition) is 1. The lowest BCUT2D eigenvalue weighted by molar-refractivity contribution is -0.118. The smallest absolute Gasteiger partial charge is 0.336 e. The van der Waals surface area contributed by atoms with E-state index in [0.717, 1.165) is 23.8 Å². The van der Waals surface area contributed by atoms with Gasteiger partial charge >= 0.3 is 5.63 Å². The van der Waals surface area contributed by atoms with Crippen molar-refractivity contribution in [2.45, 2.75) is 19.8 Å². The maximum Gasteiger partial charge on any atom is 0.336 e. The van der Waals surface area contributed by atoms with Gasteiger partial charge in [0.1, 0.15) is 11.3 Å². The number of rotatable bonds is 6. The molecule has 3 aromatic rings. The first kappa shape index (κ1) is 17.4. The first-order valence-electron chi connectivity index (χ1n) is 7.65. The molecule has 2 aromatic heterocycles. The second kappa shape index (κ2) is 7.67. The number of hydrogen-bond acceptors (Lipinski definition) is 6. The number of thiazole rings is 1. The van der Waals surface area contributed by atoms with E-state index in [9.17, 15) is 9.59 Å². The maximum atomic E-state index is 11.9. The van der Waals surface area contributed by atoms with Crippen LogP contribution < -0.4 is 15.7 Å². The van der Waals surface area contributed by atoms with Gasteiger partial charge in [-0.3, -0.25) is 10.1 Å². The van der Waals surface area contributed by atoms with Crippen molar-refractivity contribution in [3.8, 4) is 5.75 Å². The van der Waals surface area contributed by atoms with E-state index >= 15 is 0 Å². The zero-order chi connectivity index (χ0) is 17.8. The zero-order valence-electron chi connectivity index (χ0n) is 13.4. The van der Waals surface area contributed by atoms with Crippen LogP contribution in [0.3, 0.4) is 0 Å². The van der Waals surface area contributed by atoms with Gasteiger partial charge in [-0.2, -0.15) is 0 Å². The molecule has 1 aromatic carbocycles. The van der Waals surface area contributed by atoms with E-state index in [2.05, 4.69) is 10.3 Å². The van der Waals surface area contributed by atoms with Crippen molar-refractivity contribution in [2.24, 2.45) is 0 Å². The van der Waals surface area contributed by atoms with Crippen molar-refractivity contribution in [1.29, 1.82) is 0 Å². The number of benzene rings is 1. The standard InChI is InChI=1S/C17H15ClN2O4S/c1-2-3-10-6-16(22)24-13-8-14(12(18)7-11(10)13)23-9-15(21)20-17-19-4-5-25-17/h4-8H,2-3,9H2,1H3,(H,19,20,21). The molecule has 0 aliphatic rings. The van der Waals surface area contributed by atoms with Crippen molar-refractivity contribution in [2.75, 3.05) is 11.9 Å². The number of aromatic nitrogens is 1. The summed E-state index contributed by atoms with van der Waals surface area (Å²) in [5.41, 5.74) is 0.838. The van der Waals surface area contributed by atoms with Gasteiger partial charge in [-0.1, -0.05) is 24.9 Å². The summed E-state index contributed by atoms with van der Waals surface area (Å²) in [6.07, 6.45) is 3.23. The van der Waals surface area contributed by atoms with Crippen molar-refractivity contribution in [3.63, 3.8) is 0 Å². The third-order valence-electron chi connectivity index (χ3n) is 3.44. The summed E-state index contributed by atoms with van der Waals surface area (Å²) in [5.74, 6) is -0.0763. The fourth-order valence-electron chi connectivity index (χ4n) is 2.40. The highest BCUT2D eigenvalue weighted by Crippen LogP contribution is 2.31. The lowest BCUT2D eigenvalue weighted by atomic mass is 10.1. The van der Waals surface area contributed by atoms with Gasteiger partial charge in [0.25, 0.3) is 5.91 Å². The van der Waals surface area contributed by atoms with E-state index in [-0.39, 0.29) is 18.3 Å². The van der Waals surface area contributed by atoms with E-state index in [4.69, 9.17) is 20.8 Å². The molecule has 0 bridgehead atoms. The Morgan fingerprint density at radius 2 is 2.24 bits per heavy atom. The first-order chi connectivity index (χ1) is 12.1. The molecule has 6 nitrogen and oxygen atoms in total. The fourth-order valence-corrected chi connectivity index (χ4v) is 3.16. The van der Waals surface area contributed by atoms with E-state index in [1.165, 1.54) is 23.5 Å². The molecule has 0 fully saturated rings. The molecule has 0 aliphatic carbocycles. The molecule has 0 radical (unpaired) electrons. The largest absolute Gasteiger partial charge is 0.482 e. The van der Waals surface area contributed by atoms with Crippen LogP contribution in [0.5, 0.6) is 5.75 Å². The van der Waals surface area contributed by atoms with Crippen LogP contribution in [-0.2, 0) is 11.2 Å². The van der Waals surface area contributed by atoms with Crippen LogP contribution in [0.4, 0.5) is 5.13 Å². The van der Waals surface area contributed by atoms with Gasteiger partial charge in [0, 0.05) is 29.1 Å². The van der Waals surface area contributed by atoms with Crippen molar-refractivity contribution >= 4 is 44.9 Å². The van der Waals surface area contributed by atoms with Crippen molar-refractivity contribution in [3.05, 3.63) is 50.8 Å². The maximum absolute atomic E-state index is 11.9. The monoisotopic (exact) mass is 378 g/mol. The molecule has 130 valence electrons. The predicted octanol–water partition coefficient (Wildman–Crippen LogP) is 3.87. The summed E-state index contributed by atoms with van der Waals surface area (Å²) in [6, 6.07) is 4.71. The third kappa shape index (κ3) is 4.18. The fraction of sp³-hybridized carbons (Fsp3) is 0.235. The summed E-state index contributed by atoms with van der Waals surface area (Å²) < 4.78 is 10.7. The lowest BCUT2D eigenvalue weighted by Crippen LogP contribution is -2.20. The van der Waals surface area contributed by atoms with Crippen LogP contribution in [0.1, 0.15) is 18.9 Å². The molecular weight excluding hydrogens is 364 g/mol. The minimum atomic E-state index is -0.425.